The highest BCUT2D eigenvalue weighted by molar-refractivity contribution is 5.95. The SMILES string of the molecule is CCOC(=O)c1cn(Cc2ccc(N3CC(C)CC3=O)cc2)nn1. The zero-order chi connectivity index (χ0) is 17.1. The lowest BCUT2D eigenvalue weighted by Crippen LogP contribution is -2.24. The van der Waals surface area contributed by atoms with Gasteiger partial charge < -0.3 is 9.64 Å². The van der Waals surface area contributed by atoms with Gasteiger partial charge >= 0.3 is 5.97 Å². The first-order valence-electron chi connectivity index (χ1n) is 8.03. The van der Waals surface area contributed by atoms with Crippen molar-refractivity contribution in [1.82, 2.24) is 15.0 Å². The van der Waals surface area contributed by atoms with Gasteiger partial charge in [0.1, 0.15) is 0 Å². The number of carbonyl (C=O) groups is 2. The lowest BCUT2D eigenvalue weighted by atomic mass is 10.1. The van der Waals surface area contributed by atoms with Crippen molar-refractivity contribution in [3.63, 3.8) is 0 Å². The number of amides is 1. The standard InChI is InChI=1S/C17H20N4O3/c1-3-24-17(23)15-11-20(19-18-15)10-13-4-6-14(7-5-13)21-9-12(2)8-16(21)22/h4-7,11-12H,3,8-10H2,1-2H3. The molecule has 1 aromatic carbocycles. The zero-order valence-electron chi connectivity index (χ0n) is 13.8. The summed E-state index contributed by atoms with van der Waals surface area (Å²) in [6, 6.07) is 7.79. The van der Waals surface area contributed by atoms with Gasteiger partial charge in [0.25, 0.3) is 0 Å². The van der Waals surface area contributed by atoms with E-state index in [1.54, 1.807) is 17.8 Å². The van der Waals surface area contributed by atoms with Crippen molar-refractivity contribution < 1.29 is 14.3 Å². The molecule has 1 atom stereocenters. The number of rotatable bonds is 5. The smallest absolute Gasteiger partial charge is 0.360 e. The molecule has 1 saturated heterocycles. The average Bonchev–Trinajstić information content (AvgIpc) is 3.15. The van der Waals surface area contributed by atoms with Crippen LogP contribution in [-0.2, 0) is 16.1 Å². The van der Waals surface area contributed by atoms with Gasteiger partial charge in [-0.3, -0.25) is 4.79 Å². The summed E-state index contributed by atoms with van der Waals surface area (Å²) in [5.74, 6) is 0.0972. The summed E-state index contributed by atoms with van der Waals surface area (Å²) in [6.07, 6.45) is 2.18. The zero-order valence-corrected chi connectivity index (χ0v) is 13.8. The molecule has 0 N–H and O–H groups in total. The van der Waals surface area contributed by atoms with Gasteiger partial charge in [-0.1, -0.05) is 24.3 Å². The molecule has 0 spiro atoms. The molecule has 1 aliphatic rings. The van der Waals surface area contributed by atoms with Crippen LogP contribution in [0.1, 0.15) is 36.3 Å². The molecule has 1 unspecified atom stereocenters. The third kappa shape index (κ3) is 3.45. The average molecular weight is 328 g/mol. The minimum Gasteiger partial charge on any atom is -0.461 e. The van der Waals surface area contributed by atoms with Crippen molar-refractivity contribution in [2.75, 3.05) is 18.1 Å². The Bertz CT molecular complexity index is 739. The molecular formula is C17H20N4O3. The fraction of sp³-hybridized carbons (Fsp3) is 0.412. The topological polar surface area (TPSA) is 77.3 Å². The molecule has 2 heterocycles. The molecule has 126 valence electrons. The van der Waals surface area contributed by atoms with Crippen LogP contribution in [-0.4, -0.2) is 40.0 Å². The summed E-state index contributed by atoms with van der Waals surface area (Å²) in [6.45, 7) is 5.40. The van der Waals surface area contributed by atoms with E-state index >= 15 is 0 Å². The highest BCUT2D eigenvalue weighted by atomic mass is 16.5. The molecule has 0 saturated carbocycles. The van der Waals surface area contributed by atoms with Crippen LogP contribution in [0.5, 0.6) is 0 Å². The number of ether oxygens (including phenoxy) is 1. The van der Waals surface area contributed by atoms with E-state index in [0.29, 0.717) is 25.5 Å². The van der Waals surface area contributed by atoms with Crippen molar-refractivity contribution in [1.29, 1.82) is 0 Å². The maximum atomic E-state index is 11.9. The second-order valence-corrected chi connectivity index (χ2v) is 6.00. The number of carbonyl (C=O) groups excluding carboxylic acids is 2. The molecular weight excluding hydrogens is 308 g/mol. The third-order valence-electron chi connectivity index (χ3n) is 3.93. The van der Waals surface area contributed by atoms with E-state index in [1.165, 1.54) is 0 Å². The number of nitrogens with zero attached hydrogens (tertiary/aromatic N) is 4. The van der Waals surface area contributed by atoms with E-state index in [9.17, 15) is 9.59 Å². The Morgan fingerprint density at radius 3 is 2.71 bits per heavy atom. The Hall–Kier alpha value is -2.70. The van der Waals surface area contributed by atoms with Gasteiger partial charge in [-0.2, -0.15) is 0 Å². The largest absolute Gasteiger partial charge is 0.461 e. The van der Waals surface area contributed by atoms with Crippen LogP contribution in [0.2, 0.25) is 0 Å². The first-order valence-corrected chi connectivity index (χ1v) is 8.03. The number of aromatic nitrogens is 3. The van der Waals surface area contributed by atoms with E-state index < -0.39 is 5.97 Å². The molecule has 2 aromatic rings. The van der Waals surface area contributed by atoms with Gasteiger partial charge in [0, 0.05) is 18.7 Å². The quantitative estimate of drug-likeness (QED) is 0.783. The lowest BCUT2D eigenvalue weighted by Gasteiger charge is -2.16. The predicted molar refractivity (Wildman–Crippen MR) is 87.7 cm³/mol. The van der Waals surface area contributed by atoms with Gasteiger partial charge in [0.15, 0.2) is 5.69 Å². The maximum Gasteiger partial charge on any atom is 0.360 e. The second-order valence-electron chi connectivity index (χ2n) is 6.00. The minimum atomic E-state index is -0.472. The molecule has 0 bridgehead atoms. The Kier molecular flexibility index (Phi) is 4.59. The van der Waals surface area contributed by atoms with Crippen molar-refractivity contribution in [3.8, 4) is 0 Å². The molecule has 1 fully saturated rings. The number of benzene rings is 1. The molecule has 7 nitrogen and oxygen atoms in total. The normalized spacial score (nSPS) is 17.3. The molecule has 0 aliphatic carbocycles. The van der Waals surface area contributed by atoms with Crippen LogP contribution in [0.3, 0.4) is 0 Å². The monoisotopic (exact) mass is 328 g/mol. The predicted octanol–water partition coefficient (Wildman–Crippen LogP) is 1.88. The molecule has 3 rings (SSSR count). The molecule has 24 heavy (non-hydrogen) atoms. The van der Waals surface area contributed by atoms with Crippen LogP contribution in [0, 0.1) is 5.92 Å². The lowest BCUT2D eigenvalue weighted by molar-refractivity contribution is -0.117. The highest BCUT2D eigenvalue weighted by Gasteiger charge is 2.27. The summed E-state index contributed by atoms with van der Waals surface area (Å²) < 4.78 is 6.48. The highest BCUT2D eigenvalue weighted by Crippen LogP contribution is 2.25. The van der Waals surface area contributed by atoms with Crippen LogP contribution < -0.4 is 4.90 Å². The van der Waals surface area contributed by atoms with Gasteiger partial charge in [-0.05, 0) is 30.5 Å². The van der Waals surface area contributed by atoms with Crippen molar-refractivity contribution in [3.05, 3.63) is 41.7 Å². The summed E-state index contributed by atoms with van der Waals surface area (Å²) in [7, 11) is 0. The summed E-state index contributed by atoms with van der Waals surface area (Å²) in [5, 5.41) is 7.75. The molecule has 1 aromatic heterocycles. The van der Waals surface area contributed by atoms with E-state index in [4.69, 9.17) is 4.74 Å². The third-order valence-corrected chi connectivity index (χ3v) is 3.93. The fourth-order valence-corrected chi connectivity index (χ4v) is 2.78. The van der Waals surface area contributed by atoms with E-state index in [1.807, 2.05) is 29.2 Å². The Labute approximate surface area is 140 Å². The number of esters is 1. The van der Waals surface area contributed by atoms with Gasteiger partial charge in [0.05, 0.1) is 19.3 Å². The Morgan fingerprint density at radius 2 is 2.08 bits per heavy atom. The summed E-state index contributed by atoms with van der Waals surface area (Å²) in [5.41, 5.74) is 2.13. The molecule has 0 radical (unpaired) electrons. The van der Waals surface area contributed by atoms with Crippen LogP contribution in [0.25, 0.3) is 0 Å². The summed E-state index contributed by atoms with van der Waals surface area (Å²) in [4.78, 5) is 25.3. The molecule has 7 heteroatoms. The minimum absolute atomic E-state index is 0.172. The van der Waals surface area contributed by atoms with E-state index in [-0.39, 0.29) is 11.6 Å². The first-order chi connectivity index (χ1) is 11.6. The fourth-order valence-electron chi connectivity index (χ4n) is 2.78. The van der Waals surface area contributed by atoms with Crippen molar-refractivity contribution in [2.45, 2.75) is 26.8 Å². The van der Waals surface area contributed by atoms with Gasteiger partial charge in [-0.15, -0.1) is 5.10 Å². The Morgan fingerprint density at radius 1 is 1.33 bits per heavy atom. The number of hydrogen-bond donors (Lipinski definition) is 0. The number of anilines is 1. The molecule has 1 aliphatic heterocycles. The van der Waals surface area contributed by atoms with Crippen LogP contribution >= 0.6 is 0 Å². The molecule has 1 amide bonds. The van der Waals surface area contributed by atoms with Crippen LogP contribution in [0.15, 0.2) is 30.5 Å². The van der Waals surface area contributed by atoms with Gasteiger partial charge in [-0.25, -0.2) is 9.48 Å². The second kappa shape index (κ2) is 6.82. The van der Waals surface area contributed by atoms with Crippen molar-refractivity contribution >= 4 is 17.6 Å². The maximum absolute atomic E-state index is 11.9. The number of hydrogen-bond acceptors (Lipinski definition) is 5. The first kappa shape index (κ1) is 16.2. The van der Waals surface area contributed by atoms with Crippen LogP contribution in [0.4, 0.5) is 5.69 Å². The van der Waals surface area contributed by atoms with Crippen molar-refractivity contribution in [2.24, 2.45) is 5.92 Å². The van der Waals surface area contributed by atoms with E-state index in [2.05, 4.69) is 17.2 Å². The summed E-state index contributed by atoms with van der Waals surface area (Å²) >= 11 is 0. The Balaban J connectivity index is 1.66. The van der Waals surface area contributed by atoms with E-state index in [0.717, 1.165) is 17.8 Å². The van der Waals surface area contributed by atoms with Gasteiger partial charge in [0.2, 0.25) is 5.91 Å².